The molecular formula is C24H45NO6. The molecule has 0 fully saturated rings. The quantitative estimate of drug-likeness (QED) is 0.297. The number of hydrogen-bond donors (Lipinski definition) is 1. The van der Waals surface area contributed by atoms with Crippen molar-refractivity contribution in [3.8, 4) is 0 Å². The van der Waals surface area contributed by atoms with Crippen LogP contribution in [-0.2, 0) is 28.6 Å². The van der Waals surface area contributed by atoms with Crippen LogP contribution in [0.2, 0.25) is 0 Å². The molecule has 0 saturated carbocycles. The first kappa shape index (κ1) is 29.4. The van der Waals surface area contributed by atoms with Gasteiger partial charge in [0.25, 0.3) is 0 Å². The van der Waals surface area contributed by atoms with Crippen LogP contribution in [0.15, 0.2) is 0 Å². The van der Waals surface area contributed by atoms with E-state index in [9.17, 15) is 14.4 Å². The molecule has 1 atom stereocenters. The molecule has 7 heteroatoms. The Bertz CT molecular complexity index is 581. The van der Waals surface area contributed by atoms with Crippen LogP contribution in [-0.4, -0.2) is 40.2 Å². The van der Waals surface area contributed by atoms with E-state index < -0.39 is 40.2 Å². The van der Waals surface area contributed by atoms with Gasteiger partial charge in [-0.1, -0.05) is 13.3 Å². The summed E-state index contributed by atoms with van der Waals surface area (Å²) >= 11 is 0. The van der Waals surface area contributed by atoms with Crippen LogP contribution in [0.3, 0.4) is 0 Å². The van der Waals surface area contributed by atoms with E-state index in [2.05, 4.69) is 0 Å². The van der Waals surface area contributed by atoms with Crippen molar-refractivity contribution in [2.75, 3.05) is 0 Å². The average Bonchev–Trinajstić information content (AvgIpc) is 2.48. The van der Waals surface area contributed by atoms with Gasteiger partial charge in [0.2, 0.25) is 0 Å². The maximum absolute atomic E-state index is 12.7. The molecule has 7 nitrogen and oxygen atoms in total. The van der Waals surface area contributed by atoms with Crippen molar-refractivity contribution in [2.24, 2.45) is 11.7 Å². The molecule has 2 N–H and O–H groups in total. The van der Waals surface area contributed by atoms with Gasteiger partial charge >= 0.3 is 17.9 Å². The number of ether oxygens (including phenoxy) is 3. The van der Waals surface area contributed by atoms with E-state index in [4.69, 9.17) is 19.9 Å². The Morgan fingerprint density at radius 2 is 1.13 bits per heavy atom. The molecule has 0 bridgehead atoms. The number of hydrogen-bond acceptors (Lipinski definition) is 7. The van der Waals surface area contributed by atoms with E-state index in [1.165, 1.54) is 0 Å². The Balaban J connectivity index is 5.36. The van der Waals surface area contributed by atoms with E-state index in [1.807, 2.05) is 27.7 Å². The lowest BCUT2D eigenvalue weighted by atomic mass is 9.82. The minimum absolute atomic E-state index is 0.178. The summed E-state index contributed by atoms with van der Waals surface area (Å²) in [6.07, 6.45) is 2.63. The maximum Gasteiger partial charge on any atom is 0.320 e. The Kier molecular flexibility index (Phi) is 10.7. The predicted molar refractivity (Wildman–Crippen MR) is 121 cm³/mol. The number of nitrogens with two attached hydrogens (primary N) is 1. The number of carbonyl (C=O) groups is 3. The van der Waals surface area contributed by atoms with Crippen molar-refractivity contribution < 1.29 is 28.6 Å². The van der Waals surface area contributed by atoms with E-state index in [0.29, 0.717) is 19.3 Å². The van der Waals surface area contributed by atoms with Crippen LogP contribution in [0.25, 0.3) is 0 Å². The Morgan fingerprint density at radius 1 is 0.710 bits per heavy atom. The summed E-state index contributed by atoms with van der Waals surface area (Å²) in [5, 5.41) is 0. The lowest BCUT2D eigenvalue weighted by molar-refractivity contribution is -0.175. The van der Waals surface area contributed by atoms with Gasteiger partial charge in [-0.05, 0) is 88.0 Å². The Morgan fingerprint density at radius 3 is 1.48 bits per heavy atom. The lowest BCUT2D eigenvalue weighted by Crippen LogP contribution is -2.43. The van der Waals surface area contributed by atoms with E-state index >= 15 is 0 Å². The molecular weight excluding hydrogens is 398 g/mol. The topological polar surface area (TPSA) is 105 Å². The minimum atomic E-state index is -1.07. The zero-order valence-electron chi connectivity index (χ0n) is 21.3. The van der Waals surface area contributed by atoms with Crippen molar-refractivity contribution in [3.63, 3.8) is 0 Å². The molecule has 0 aliphatic rings. The first-order valence-electron chi connectivity index (χ1n) is 11.2. The zero-order valence-corrected chi connectivity index (χ0v) is 21.3. The normalized spacial score (nSPS) is 14.7. The number of carbonyl (C=O) groups excluding carboxylic acids is 3. The fourth-order valence-corrected chi connectivity index (χ4v) is 3.13. The van der Waals surface area contributed by atoms with Crippen LogP contribution in [0.1, 0.15) is 108 Å². The summed E-state index contributed by atoms with van der Waals surface area (Å²) in [6.45, 7) is 18.0. The summed E-state index contributed by atoms with van der Waals surface area (Å²) < 4.78 is 16.3. The second-order valence-corrected chi connectivity index (χ2v) is 11.4. The Hall–Kier alpha value is -1.63. The molecule has 0 aliphatic heterocycles. The standard InChI is InChI=1S/C24H45NO6/c1-11-14-24(25,16-13-18(26)29-21(2,3)4)15-12-17(19(27)30-22(5,6)7)20(28)31-23(8,9)10/h17H,11-16,25H2,1-10H3. The second kappa shape index (κ2) is 11.3. The third kappa shape index (κ3) is 14.1. The smallest absolute Gasteiger partial charge is 0.320 e. The highest BCUT2D eigenvalue weighted by Gasteiger charge is 2.37. The van der Waals surface area contributed by atoms with Crippen LogP contribution in [0.4, 0.5) is 0 Å². The summed E-state index contributed by atoms with van der Waals surface area (Å²) in [5.74, 6) is -2.62. The first-order chi connectivity index (χ1) is 13.8. The molecule has 0 radical (unpaired) electrons. The van der Waals surface area contributed by atoms with Crippen molar-refractivity contribution in [2.45, 2.75) is 130 Å². The molecule has 182 valence electrons. The van der Waals surface area contributed by atoms with Gasteiger partial charge in [-0.2, -0.15) is 0 Å². The van der Waals surface area contributed by atoms with Crippen LogP contribution in [0.5, 0.6) is 0 Å². The molecule has 31 heavy (non-hydrogen) atoms. The van der Waals surface area contributed by atoms with Crippen molar-refractivity contribution >= 4 is 17.9 Å². The number of esters is 3. The fraction of sp³-hybridized carbons (Fsp3) is 0.875. The monoisotopic (exact) mass is 443 g/mol. The second-order valence-electron chi connectivity index (χ2n) is 11.4. The Labute approximate surface area is 188 Å². The van der Waals surface area contributed by atoms with Crippen molar-refractivity contribution in [1.82, 2.24) is 0 Å². The van der Waals surface area contributed by atoms with E-state index in [0.717, 1.165) is 6.42 Å². The molecule has 0 aromatic carbocycles. The maximum atomic E-state index is 12.7. The van der Waals surface area contributed by atoms with Gasteiger partial charge in [0.15, 0.2) is 5.92 Å². The van der Waals surface area contributed by atoms with Crippen LogP contribution in [0, 0.1) is 5.92 Å². The summed E-state index contributed by atoms with van der Waals surface area (Å²) in [7, 11) is 0. The molecule has 0 spiro atoms. The molecule has 0 heterocycles. The zero-order chi connectivity index (χ0) is 24.7. The highest BCUT2D eigenvalue weighted by molar-refractivity contribution is 5.95. The SMILES string of the molecule is CCCC(N)(CCC(=O)OC(C)(C)C)CCC(C(=O)OC(C)(C)C)C(=O)OC(C)(C)C. The predicted octanol–water partition coefficient (Wildman–Crippen LogP) is 4.69. The molecule has 0 aromatic rings. The molecule has 0 amide bonds. The first-order valence-corrected chi connectivity index (χ1v) is 11.2. The largest absolute Gasteiger partial charge is 0.460 e. The third-order valence-electron chi connectivity index (χ3n) is 4.31. The van der Waals surface area contributed by atoms with Gasteiger partial charge in [0, 0.05) is 12.0 Å². The van der Waals surface area contributed by atoms with Gasteiger partial charge < -0.3 is 19.9 Å². The van der Waals surface area contributed by atoms with Crippen LogP contribution < -0.4 is 5.73 Å². The average molecular weight is 444 g/mol. The van der Waals surface area contributed by atoms with Crippen molar-refractivity contribution in [1.29, 1.82) is 0 Å². The van der Waals surface area contributed by atoms with Gasteiger partial charge in [0.05, 0.1) is 0 Å². The summed E-state index contributed by atoms with van der Waals surface area (Å²) in [6, 6.07) is 0. The highest BCUT2D eigenvalue weighted by atomic mass is 16.6. The highest BCUT2D eigenvalue weighted by Crippen LogP contribution is 2.28. The van der Waals surface area contributed by atoms with Gasteiger partial charge in [-0.3, -0.25) is 14.4 Å². The molecule has 0 aromatic heterocycles. The fourth-order valence-electron chi connectivity index (χ4n) is 3.13. The number of rotatable bonds is 10. The molecule has 0 aliphatic carbocycles. The molecule has 0 saturated heterocycles. The van der Waals surface area contributed by atoms with Crippen molar-refractivity contribution in [3.05, 3.63) is 0 Å². The molecule has 0 rings (SSSR count). The lowest BCUT2D eigenvalue weighted by Gasteiger charge is -2.32. The van der Waals surface area contributed by atoms with Gasteiger partial charge in [0.1, 0.15) is 16.8 Å². The molecule has 1 unspecified atom stereocenters. The summed E-state index contributed by atoms with van der Waals surface area (Å²) in [4.78, 5) is 37.6. The van der Waals surface area contributed by atoms with Gasteiger partial charge in [-0.25, -0.2) is 0 Å². The summed E-state index contributed by atoms with van der Waals surface area (Å²) in [5.41, 5.74) is 3.90. The van der Waals surface area contributed by atoms with E-state index in [-0.39, 0.29) is 18.8 Å². The van der Waals surface area contributed by atoms with E-state index in [1.54, 1.807) is 41.5 Å². The van der Waals surface area contributed by atoms with Gasteiger partial charge in [-0.15, -0.1) is 0 Å². The third-order valence-corrected chi connectivity index (χ3v) is 4.31. The minimum Gasteiger partial charge on any atom is -0.460 e. The van der Waals surface area contributed by atoms with Crippen LogP contribution >= 0.6 is 0 Å².